The molecule has 0 bridgehead atoms. The second kappa shape index (κ2) is 6.84. The van der Waals surface area contributed by atoms with E-state index in [0.717, 1.165) is 25.7 Å². The Morgan fingerprint density at radius 2 is 1.71 bits per heavy atom. The van der Waals surface area contributed by atoms with Gasteiger partial charge in [-0.2, -0.15) is 0 Å². The van der Waals surface area contributed by atoms with Crippen LogP contribution in [0.1, 0.15) is 52.4 Å². The number of nitrogens with zero attached hydrogens (tertiary/aromatic N) is 1. The average Bonchev–Trinajstić information content (AvgIpc) is 2.54. The molecule has 4 heteroatoms. The molecule has 1 saturated carbocycles. The van der Waals surface area contributed by atoms with Gasteiger partial charge in [-0.05, 0) is 26.7 Å². The molecule has 100 valence electrons. The van der Waals surface area contributed by atoms with Crippen molar-refractivity contribution < 1.29 is 9.90 Å². The number of urea groups is 1. The summed E-state index contributed by atoms with van der Waals surface area (Å²) >= 11 is 0. The maximum Gasteiger partial charge on any atom is 0.317 e. The highest BCUT2D eigenvalue weighted by Gasteiger charge is 2.28. The minimum absolute atomic E-state index is 0.0623. The van der Waals surface area contributed by atoms with E-state index in [1.807, 2.05) is 13.8 Å². The number of hydrogen-bond acceptors (Lipinski definition) is 2. The second-order valence-electron chi connectivity index (χ2n) is 4.97. The number of carbonyl (C=O) groups is 1. The van der Waals surface area contributed by atoms with E-state index in [2.05, 4.69) is 5.32 Å². The van der Waals surface area contributed by atoms with Crippen LogP contribution in [-0.4, -0.2) is 41.3 Å². The van der Waals surface area contributed by atoms with Crippen molar-refractivity contribution in [1.82, 2.24) is 10.2 Å². The molecule has 0 aromatic heterocycles. The van der Waals surface area contributed by atoms with Crippen LogP contribution in [0.5, 0.6) is 0 Å². The summed E-state index contributed by atoms with van der Waals surface area (Å²) in [6.45, 7) is 5.73. The van der Waals surface area contributed by atoms with Crippen LogP contribution < -0.4 is 5.32 Å². The van der Waals surface area contributed by atoms with E-state index in [4.69, 9.17) is 0 Å². The van der Waals surface area contributed by atoms with E-state index in [1.54, 1.807) is 4.90 Å². The van der Waals surface area contributed by atoms with Crippen molar-refractivity contribution in [3.63, 3.8) is 0 Å². The number of rotatable bonds is 4. The summed E-state index contributed by atoms with van der Waals surface area (Å²) < 4.78 is 0. The predicted molar refractivity (Wildman–Crippen MR) is 69.0 cm³/mol. The molecule has 0 saturated heterocycles. The number of carbonyl (C=O) groups excluding carboxylic acids is 1. The Morgan fingerprint density at radius 3 is 2.18 bits per heavy atom. The lowest BCUT2D eigenvalue weighted by atomic mass is 9.94. The first kappa shape index (κ1) is 14.3. The van der Waals surface area contributed by atoms with Crippen LogP contribution in [0.15, 0.2) is 0 Å². The molecule has 0 unspecified atom stereocenters. The summed E-state index contributed by atoms with van der Waals surface area (Å²) in [6, 6.07) is -0.0623. The average molecular weight is 242 g/mol. The van der Waals surface area contributed by atoms with E-state index < -0.39 is 5.60 Å². The molecule has 1 rings (SSSR count). The van der Waals surface area contributed by atoms with Gasteiger partial charge in [0.05, 0.1) is 5.60 Å². The number of hydrogen-bond donors (Lipinski definition) is 2. The quantitative estimate of drug-likeness (QED) is 0.742. The van der Waals surface area contributed by atoms with Crippen LogP contribution >= 0.6 is 0 Å². The lowest BCUT2D eigenvalue weighted by molar-refractivity contribution is 0.0265. The number of aliphatic hydroxyl groups is 1. The van der Waals surface area contributed by atoms with E-state index >= 15 is 0 Å². The Balaban J connectivity index is 2.39. The fraction of sp³-hybridized carbons (Fsp3) is 0.923. The predicted octanol–water partition coefficient (Wildman–Crippen LogP) is 2.12. The van der Waals surface area contributed by atoms with Crippen molar-refractivity contribution in [3.05, 3.63) is 0 Å². The van der Waals surface area contributed by atoms with Gasteiger partial charge in [0.15, 0.2) is 0 Å². The van der Waals surface area contributed by atoms with Crippen LogP contribution in [0.2, 0.25) is 0 Å². The third-order valence-corrected chi connectivity index (χ3v) is 3.65. The van der Waals surface area contributed by atoms with Crippen molar-refractivity contribution in [2.45, 2.75) is 58.0 Å². The first-order chi connectivity index (χ1) is 8.11. The van der Waals surface area contributed by atoms with Gasteiger partial charge >= 0.3 is 6.03 Å². The van der Waals surface area contributed by atoms with Gasteiger partial charge in [0.2, 0.25) is 0 Å². The molecule has 0 spiro atoms. The Labute approximate surface area is 104 Å². The second-order valence-corrected chi connectivity index (χ2v) is 4.97. The van der Waals surface area contributed by atoms with Gasteiger partial charge in [0.25, 0.3) is 0 Å². The molecule has 1 aliphatic carbocycles. The molecule has 17 heavy (non-hydrogen) atoms. The summed E-state index contributed by atoms with van der Waals surface area (Å²) in [7, 11) is 0. The fourth-order valence-electron chi connectivity index (χ4n) is 2.43. The SMILES string of the molecule is CCN(CC)C(=O)NCC1(O)CCCCCC1. The Bertz CT molecular complexity index is 232. The van der Waals surface area contributed by atoms with Crippen molar-refractivity contribution in [2.75, 3.05) is 19.6 Å². The maximum atomic E-state index is 11.8. The smallest absolute Gasteiger partial charge is 0.317 e. The van der Waals surface area contributed by atoms with E-state index in [0.29, 0.717) is 19.6 Å². The summed E-state index contributed by atoms with van der Waals surface area (Å²) in [4.78, 5) is 13.5. The normalized spacial score (nSPS) is 19.5. The van der Waals surface area contributed by atoms with Gasteiger partial charge < -0.3 is 15.3 Å². The topological polar surface area (TPSA) is 52.6 Å². The minimum Gasteiger partial charge on any atom is -0.388 e. The molecular weight excluding hydrogens is 216 g/mol. The molecule has 1 aliphatic rings. The van der Waals surface area contributed by atoms with Crippen molar-refractivity contribution in [2.24, 2.45) is 0 Å². The van der Waals surface area contributed by atoms with Gasteiger partial charge in [0, 0.05) is 19.6 Å². The zero-order valence-electron chi connectivity index (χ0n) is 11.2. The third-order valence-electron chi connectivity index (χ3n) is 3.65. The van der Waals surface area contributed by atoms with Gasteiger partial charge in [0.1, 0.15) is 0 Å². The highest BCUT2D eigenvalue weighted by molar-refractivity contribution is 5.74. The molecule has 0 aromatic rings. The van der Waals surface area contributed by atoms with Crippen LogP contribution in [0.3, 0.4) is 0 Å². The molecule has 0 heterocycles. The Hall–Kier alpha value is -0.770. The first-order valence-electron chi connectivity index (χ1n) is 6.86. The lowest BCUT2D eigenvalue weighted by Crippen LogP contribution is -2.47. The molecule has 2 N–H and O–H groups in total. The van der Waals surface area contributed by atoms with Crippen molar-refractivity contribution in [3.8, 4) is 0 Å². The first-order valence-corrected chi connectivity index (χ1v) is 6.86. The number of nitrogens with one attached hydrogen (secondary N) is 1. The highest BCUT2D eigenvalue weighted by atomic mass is 16.3. The van der Waals surface area contributed by atoms with Gasteiger partial charge in [-0.25, -0.2) is 4.79 Å². The Kier molecular flexibility index (Phi) is 5.75. The molecule has 0 aliphatic heterocycles. The van der Waals surface area contributed by atoms with E-state index in [9.17, 15) is 9.90 Å². The maximum absolute atomic E-state index is 11.8. The molecule has 0 atom stereocenters. The van der Waals surface area contributed by atoms with Crippen LogP contribution in [0, 0.1) is 0 Å². The molecule has 1 fully saturated rings. The Morgan fingerprint density at radius 1 is 1.18 bits per heavy atom. The zero-order chi connectivity index (χ0) is 12.7. The third kappa shape index (κ3) is 4.54. The minimum atomic E-state index is -0.681. The summed E-state index contributed by atoms with van der Waals surface area (Å²) in [5, 5.41) is 13.3. The summed E-state index contributed by atoms with van der Waals surface area (Å²) in [5.74, 6) is 0. The van der Waals surface area contributed by atoms with Crippen molar-refractivity contribution in [1.29, 1.82) is 0 Å². The lowest BCUT2D eigenvalue weighted by Gasteiger charge is -2.28. The number of amides is 2. The molecule has 4 nitrogen and oxygen atoms in total. The van der Waals surface area contributed by atoms with E-state index in [1.165, 1.54) is 12.8 Å². The summed E-state index contributed by atoms with van der Waals surface area (Å²) in [6.07, 6.45) is 6.16. The van der Waals surface area contributed by atoms with Gasteiger partial charge in [-0.3, -0.25) is 0 Å². The van der Waals surface area contributed by atoms with E-state index in [-0.39, 0.29) is 6.03 Å². The molecule has 2 amide bonds. The summed E-state index contributed by atoms with van der Waals surface area (Å²) in [5.41, 5.74) is -0.681. The molecule has 0 aromatic carbocycles. The van der Waals surface area contributed by atoms with Crippen LogP contribution in [-0.2, 0) is 0 Å². The monoisotopic (exact) mass is 242 g/mol. The highest BCUT2D eigenvalue weighted by Crippen LogP contribution is 2.26. The molecule has 0 radical (unpaired) electrons. The van der Waals surface area contributed by atoms with Gasteiger partial charge in [-0.15, -0.1) is 0 Å². The van der Waals surface area contributed by atoms with Crippen LogP contribution in [0.25, 0.3) is 0 Å². The molecular formula is C13H26N2O2. The van der Waals surface area contributed by atoms with Crippen LogP contribution in [0.4, 0.5) is 4.79 Å². The standard InChI is InChI=1S/C13H26N2O2/c1-3-15(4-2)12(16)14-11-13(17)9-7-5-6-8-10-13/h17H,3-11H2,1-2H3,(H,14,16). The fourth-order valence-corrected chi connectivity index (χ4v) is 2.43. The van der Waals surface area contributed by atoms with Crippen molar-refractivity contribution >= 4 is 6.03 Å². The zero-order valence-corrected chi connectivity index (χ0v) is 11.2. The van der Waals surface area contributed by atoms with Gasteiger partial charge in [-0.1, -0.05) is 25.7 Å². The largest absolute Gasteiger partial charge is 0.388 e.